The first-order valence-electron chi connectivity index (χ1n) is 6.64. The van der Waals surface area contributed by atoms with E-state index in [0.29, 0.717) is 5.02 Å². The van der Waals surface area contributed by atoms with E-state index in [4.69, 9.17) is 11.6 Å². The van der Waals surface area contributed by atoms with Gasteiger partial charge in [-0.15, -0.1) is 0 Å². The molecule has 0 bridgehead atoms. The summed E-state index contributed by atoms with van der Waals surface area (Å²) in [6.07, 6.45) is 0. The molecule has 0 unspecified atom stereocenters. The number of rotatable bonds is 3. The number of benzene rings is 2. The number of carbonyl (C=O) groups is 1. The minimum absolute atomic E-state index is 0.153. The van der Waals surface area contributed by atoms with Crippen molar-refractivity contribution >= 4 is 23.2 Å². The van der Waals surface area contributed by atoms with Gasteiger partial charge >= 0.3 is 0 Å². The molecule has 21 heavy (non-hydrogen) atoms. The molecule has 0 radical (unpaired) electrons. The van der Waals surface area contributed by atoms with E-state index in [0.717, 1.165) is 16.8 Å². The SMILES string of the molecule is Cc1cc(Cl)ccc1NC(=O)C(C)(C)c1ccc(F)cc1. The standard InChI is InChI=1S/C17H17ClFNO/c1-11-10-13(18)6-9-15(11)20-16(21)17(2,3)12-4-7-14(19)8-5-12/h4-10H,1-3H3,(H,20,21). The Bertz CT molecular complexity index is 665. The molecule has 0 saturated heterocycles. The van der Waals surface area contributed by atoms with E-state index in [-0.39, 0.29) is 11.7 Å². The van der Waals surface area contributed by atoms with Crippen LogP contribution >= 0.6 is 11.6 Å². The van der Waals surface area contributed by atoms with E-state index in [1.54, 1.807) is 44.2 Å². The van der Waals surface area contributed by atoms with Gasteiger partial charge in [0.15, 0.2) is 0 Å². The third-order valence-electron chi connectivity index (χ3n) is 3.57. The summed E-state index contributed by atoms with van der Waals surface area (Å²) in [4.78, 5) is 12.5. The van der Waals surface area contributed by atoms with Gasteiger partial charge in [-0.25, -0.2) is 4.39 Å². The van der Waals surface area contributed by atoms with E-state index < -0.39 is 5.41 Å². The highest BCUT2D eigenvalue weighted by Crippen LogP contribution is 2.27. The van der Waals surface area contributed by atoms with Crippen LogP contribution in [-0.2, 0) is 10.2 Å². The van der Waals surface area contributed by atoms with Crippen LogP contribution in [0.15, 0.2) is 42.5 Å². The molecule has 0 spiro atoms. The molecule has 2 aromatic rings. The first kappa shape index (κ1) is 15.5. The molecule has 110 valence electrons. The second-order valence-electron chi connectivity index (χ2n) is 5.55. The van der Waals surface area contributed by atoms with Crippen LogP contribution in [0, 0.1) is 12.7 Å². The van der Waals surface area contributed by atoms with Crippen LogP contribution in [0.1, 0.15) is 25.0 Å². The maximum atomic E-state index is 13.0. The molecule has 0 heterocycles. The van der Waals surface area contributed by atoms with Crippen molar-refractivity contribution in [3.05, 3.63) is 64.4 Å². The lowest BCUT2D eigenvalue weighted by Gasteiger charge is -2.24. The number of hydrogen-bond donors (Lipinski definition) is 1. The van der Waals surface area contributed by atoms with Gasteiger partial charge in [0.05, 0.1) is 5.41 Å². The van der Waals surface area contributed by atoms with E-state index in [2.05, 4.69) is 5.32 Å². The van der Waals surface area contributed by atoms with Crippen molar-refractivity contribution in [2.75, 3.05) is 5.32 Å². The van der Waals surface area contributed by atoms with E-state index in [1.807, 2.05) is 6.92 Å². The summed E-state index contributed by atoms with van der Waals surface area (Å²) < 4.78 is 13.0. The van der Waals surface area contributed by atoms with Gasteiger partial charge < -0.3 is 5.32 Å². The zero-order chi connectivity index (χ0) is 15.6. The molecular weight excluding hydrogens is 289 g/mol. The first-order valence-corrected chi connectivity index (χ1v) is 7.02. The number of amides is 1. The number of carbonyl (C=O) groups excluding carboxylic acids is 1. The van der Waals surface area contributed by atoms with Crippen LogP contribution in [-0.4, -0.2) is 5.91 Å². The second-order valence-corrected chi connectivity index (χ2v) is 5.98. The fraction of sp³-hybridized carbons (Fsp3) is 0.235. The summed E-state index contributed by atoms with van der Waals surface area (Å²) in [7, 11) is 0. The zero-order valence-electron chi connectivity index (χ0n) is 12.2. The fourth-order valence-corrected chi connectivity index (χ4v) is 2.27. The molecule has 0 aliphatic rings. The van der Waals surface area contributed by atoms with Crippen LogP contribution < -0.4 is 5.32 Å². The van der Waals surface area contributed by atoms with Gasteiger partial charge in [-0.05, 0) is 62.2 Å². The van der Waals surface area contributed by atoms with Gasteiger partial charge in [0.25, 0.3) is 0 Å². The van der Waals surface area contributed by atoms with Crippen LogP contribution in [0.4, 0.5) is 10.1 Å². The molecule has 0 aliphatic heterocycles. The fourth-order valence-electron chi connectivity index (χ4n) is 2.04. The molecule has 2 nitrogen and oxygen atoms in total. The molecule has 2 rings (SSSR count). The van der Waals surface area contributed by atoms with Gasteiger partial charge in [-0.1, -0.05) is 23.7 Å². The van der Waals surface area contributed by atoms with Crippen LogP contribution in [0.5, 0.6) is 0 Å². The Morgan fingerprint density at radius 3 is 2.33 bits per heavy atom. The van der Waals surface area contributed by atoms with E-state index in [1.165, 1.54) is 12.1 Å². The lowest BCUT2D eigenvalue weighted by molar-refractivity contribution is -0.120. The number of aryl methyl sites for hydroxylation is 1. The molecule has 0 aliphatic carbocycles. The van der Waals surface area contributed by atoms with Gasteiger partial charge in [0.2, 0.25) is 5.91 Å². The van der Waals surface area contributed by atoms with Crippen LogP contribution in [0.25, 0.3) is 0 Å². The van der Waals surface area contributed by atoms with Crippen molar-refractivity contribution in [1.29, 1.82) is 0 Å². The van der Waals surface area contributed by atoms with Crippen molar-refractivity contribution in [2.24, 2.45) is 0 Å². The first-order chi connectivity index (χ1) is 9.80. The molecule has 0 fully saturated rings. The van der Waals surface area contributed by atoms with Gasteiger partial charge in [-0.3, -0.25) is 4.79 Å². The monoisotopic (exact) mass is 305 g/mol. The van der Waals surface area contributed by atoms with Crippen molar-refractivity contribution in [1.82, 2.24) is 0 Å². The molecule has 1 amide bonds. The number of nitrogens with one attached hydrogen (secondary N) is 1. The Balaban J connectivity index is 2.24. The smallest absolute Gasteiger partial charge is 0.234 e. The van der Waals surface area contributed by atoms with Crippen molar-refractivity contribution in [2.45, 2.75) is 26.2 Å². The normalized spacial score (nSPS) is 11.3. The molecule has 0 saturated carbocycles. The van der Waals surface area contributed by atoms with Gasteiger partial charge in [0, 0.05) is 10.7 Å². The Morgan fingerprint density at radius 2 is 1.76 bits per heavy atom. The minimum atomic E-state index is -0.764. The van der Waals surface area contributed by atoms with E-state index in [9.17, 15) is 9.18 Å². The zero-order valence-corrected chi connectivity index (χ0v) is 13.0. The highest BCUT2D eigenvalue weighted by Gasteiger charge is 2.30. The molecular formula is C17H17ClFNO. The Labute approximate surface area is 128 Å². The maximum Gasteiger partial charge on any atom is 0.234 e. The summed E-state index contributed by atoms with van der Waals surface area (Å²) in [6.45, 7) is 5.49. The predicted molar refractivity (Wildman–Crippen MR) is 84.2 cm³/mol. The topological polar surface area (TPSA) is 29.1 Å². The summed E-state index contributed by atoms with van der Waals surface area (Å²) >= 11 is 5.91. The largest absolute Gasteiger partial charge is 0.325 e. The second kappa shape index (κ2) is 5.86. The highest BCUT2D eigenvalue weighted by molar-refractivity contribution is 6.30. The maximum absolute atomic E-state index is 13.0. The van der Waals surface area contributed by atoms with Gasteiger partial charge in [0.1, 0.15) is 5.82 Å². The van der Waals surface area contributed by atoms with Crippen LogP contribution in [0.2, 0.25) is 5.02 Å². The molecule has 0 atom stereocenters. The Kier molecular flexibility index (Phi) is 4.33. The molecule has 4 heteroatoms. The summed E-state index contributed by atoms with van der Waals surface area (Å²) in [5.74, 6) is -0.469. The Morgan fingerprint density at radius 1 is 1.14 bits per heavy atom. The average Bonchev–Trinajstić information content (AvgIpc) is 2.42. The summed E-state index contributed by atoms with van der Waals surface area (Å²) in [6, 6.07) is 11.3. The minimum Gasteiger partial charge on any atom is -0.325 e. The van der Waals surface area contributed by atoms with Crippen LogP contribution in [0.3, 0.4) is 0 Å². The van der Waals surface area contributed by atoms with Crippen molar-refractivity contribution in [3.63, 3.8) is 0 Å². The predicted octanol–water partition coefficient (Wildman–Crippen LogP) is 4.70. The highest BCUT2D eigenvalue weighted by atomic mass is 35.5. The third kappa shape index (κ3) is 3.42. The summed E-state index contributed by atoms with van der Waals surface area (Å²) in [5.41, 5.74) is 1.61. The van der Waals surface area contributed by atoms with Crippen molar-refractivity contribution in [3.8, 4) is 0 Å². The lowest BCUT2D eigenvalue weighted by Crippen LogP contribution is -2.34. The lowest BCUT2D eigenvalue weighted by atomic mass is 9.83. The number of halogens is 2. The number of hydrogen-bond acceptors (Lipinski definition) is 1. The Hall–Kier alpha value is -1.87. The molecule has 0 aromatic heterocycles. The summed E-state index contributed by atoms with van der Waals surface area (Å²) in [5, 5.41) is 3.53. The van der Waals surface area contributed by atoms with E-state index >= 15 is 0 Å². The molecule has 1 N–H and O–H groups in total. The third-order valence-corrected chi connectivity index (χ3v) is 3.81. The molecule has 2 aromatic carbocycles. The van der Waals surface area contributed by atoms with Gasteiger partial charge in [-0.2, -0.15) is 0 Å². The van der Waals surface area contributed by atoms with Crippen molar-refractivity contribution < 1.29 is 9.18 Å². The number of anilines is 1. The quantitative estimate of drug-likeness (QED) is 0.874. The average molecular weight is 306 g/mol.